The molecule has 1 N–H and O–H groups in total. The second kappa shape index (κ2) is 8.63. The van der Waals surface area contributed by atoms with Gasteiger partial charge in [-0.05, 0) is 49.3 Å². The minimum atomic E-state index is 0.106. The second-order valence-corrected chi connectivity index (χ2v) is 7.37. The molecule has 0 radical (unpaired) electrons. The van der Waals surface area contributed by atoms with Crippen LogP contribution in [0.2, 0.25) is 0 Å². The van der Waals surface area contributed by atoms with Crippen molar-refractivity contribution in [1.82, 2.24) is 9.80 Å². The van der Waals surface area contributed by atoms with E-state index in [0.29, 0.717) is 18.4 Å². The van der Waals surface area contributed by atoms with Crippen LogP contribution >= 0.6 is 0 Å². The van der Waals surface area contributed by atoms with E-state index in [0.717, 1.165) is 57.4 Å². The molecule has 4 heteroatoms. The number of hydrogen-bond donors (Lipinski definition) is 1. The van der Waals surface area contributed by atoms with Crippen molar-refractivity contribution in [3.8, 4) is 0 Å². The normalized spacial score (nSPS) is 22.5. The van der Waals surface area contributed by atoms with E-state index >= 15 is 0 Å². The standard InChI is InChI=1S/C20H30N2O2/c23-16-19-7-5-6-17(13-19)12-18-8-11-21(14-18)15-20(24)22-9-3-1-2-4-10-22/h5-7,13,18,23H,1-4,8-12,14-16H2. The van der Waals surface area contributed by atoms with E-state index in [-0.39, 0.29) is 6.61 Å². The van der Waals surface area contributed by atoms with Gasteiger partial charge in [0.2, 0.25) is 5.91 Å². The minimum Gasteiger partial charge on any atom is -0.392 e. The molecule has 1 unspecified atom stereocenters. The van der Waals surface area contributed by atoms with Crippen molar-refractivity contribution in [1.29, 1.82) is 0 Å². The van der Waals surface area contributed by atoms with Crippen LogP contribution in [0, 0.1) is 5.92 Å². The first-order valence-electron chi connectivity index (χ1n) is 9.43. The summed E-state index contributed by atoms with van der Waals surface area (Å²) in [5.74, 6) is 0.940. The van der Waals surface area contributed by atoms with E-state index in [4.69, 9.17) is 0 Å². The zero-order valence-corrected chi connectivity index (χ0v) is 14.6. The molecule has 1 aromatic carbocycles. The molecule has 1 amide bonds. The Bertz CT molecular complexity index is 538. The number of amides is 1. The number of rotatable bonds is 5. The summed E-state index contributed by atoms with van der Waals surface area (Å²) in [6.45, 7) is 4.64. The zero-order valence-electron chi connectivity index (χ0n) is 14.6. The number of nitrogens with zero attached hydrogens (tertiary/aromatic N) is 2. The van der Waals surface area contributed by atoms with E-state index in [1.165, 1.54) is 18.4 Å². The molecule has 24 heavy (non-hydrogen) atoms. The SMILES string of the molecule is O=C(CN1CCC(Cc2cccc(CO)c2)C1)N1CCCCCC1. The predicted octanol–water partition coefficient (Wildman–Crippen LogP) is 2.45. The van der Waals surface area contributed by atoms with Gasteiger partial charge in [-0.25, -0.2) is 0 Å². The molecule has 1 aromatic rings. The van der Waals surface area contributed by atoms with E-state index in [1.807, 2.05) is 12.1 Å². The third-order valence-electron chi connectivity index (χ3n) is 5.39. The quantitative estimate of drug-likeness (QED) is 0.902. The van der Waals surface area contributed by atoms with E-state index < -0.39 is 0 Å². The fourth-order valence-corrected chi connectivity index (χ4v) is 4.02. The number of benzene rings is 1. The third-order valence-corrected chi connectivity index (χ3v) is 5.39. The van der Waals surface area contributed by atoms with Crippen molar-refractivity contribution in [2.75, 3.05) is 32.7 Å². The largest absolute Gasteiger partial charge is 0.392 e. The monoisotopic (exact) mass is 330 g/mol. The highest BCUT2D eigenvalue weighted by Crippen LogP contribution is 2.22. The van der Waals surface area contributed by atoms with Crippen molar-refractivity contribution < 1.29 is 9.90 Å². The predicted molar refractivity (Wildman–Crippen MR) is 95.7 cm³/mol. The fraction of sp³-hybridized carbons (Fsp3) is 0.650. The molecule has 0 spiro atoms. The number of carbonyl (C=O) groups excluding carboxylic acids is 1. The second-order valence-electron chi connectivity index (χ2n) is 7.37. The Kier molecular flexibility index (Phi) is 6.27. The van der Waals surface area contributed by atoms with E-state index in [2.05, 4.69) is 21.9 Å². The first-order valence-corrected chi connectivity index (χ1v) is 9.43. The van der Waals surface area contributed by atoms with Crippen LogP contribution in [0.5, 0.6) is 0 Å². The maximum absolute atomic E-state index is 12.5. The summed E-state index contributed by atoms with van der Waals surface area (Å²) >= 11 is 0. The molecule has 2 aliphatic heterocycles. The van der Waals surface area contributed by atoms with Crippen LogP contribution in [0.15, 0.2) is 24.3 Å². The average Bonchev–Trinajstić information content (AvgIpc) is 2.86. The van der Waals surface area contributed by atoms with Gasteiger partial charge in [-0.1, -0.05) is 37.1 Å². The molecule has 0 aliphatic carbocycles. The molecule has 2 fully saturated rings. The molecule has 132 valence electrons. The average molecular weight is 330 g/mol. The molecule has 2 aliphatic rings. The lowest BCUT2D eigenvalue weighted by molar-refractivity contribution is -0.132. The van der Waals surface area contributed by atoms with Crippen LogP contribution < -0.4 is 0 Å². The number of carbonyl (C=O) groups is 1. The summed E-state index contributed by atoms with van der Waals surface area (Å²) in [7, 11) is 0. The van der Waals surface area contributed by atoms with Crippen LogP contribution in [0.3, 0.4) is 0 Å². The van der Waals surface area contributed by atoms with Gasteiger partial charge in [0.25, 0.3) is 0 Å². The lowest BCUT2D eigenvalue weighted by atomic mass is 9.97. The zero-order chi connectivity index (χ0) is 16.8. The highest BCUT2D eigenvalue weighted by molar-refractivity contribution is 5.78. The van der Waals surface area contributed by atoms with Crippen molar-refractivity contribution in [3.05, 3.63) is 35.4 Å². The van der Waals surface area contributed by atoms with Gasteiger partial charge in [0.05, 0.1) is 13.2 Å². The molecular weight excluding hydrogens is 300 g/mol. The topological polar surface area (TPSA) is 43.8 Å². The van der Waals surface area contributed by atoms with Crippen LogP contribution in [-0.2, 0) is 17.8 Å². The van der Waals surface area contributed by atoms with Crippen LogP contribution in [0.25, 0.3) is 0 Å². The first-order chi connectivity index (χ1) is 11.7. The molecular formula is C20H30N2O2. The molecule has 0 bridgehead atoms. The number of likely N-dealkylation sites (tertiary alicyclic amines) is 2. The number of aliphatic hydroxyl groups excluding tert-OH is 1. The van der Waals surface area contributed by atoms with E-state index in [1.54, 1.807) is 0 Å². The Hall–Kier alpha value is -1.39. The summed E-state index contributed by atoms with van der Waals surface area (Å²) in [5, 5.41) is 9.26. The van der Waals surface area contributed by atoms with Crippen LogP contribution in [-0.4, -0.2) is 53.5 Å². The number of hydrogen-bond acceptors (Lipinski definition) is 3. The van der Waals surface area contributed by atoms with Gasteiger partial charge in [0, 0.05) is 19.6 Å². The van der Waals surface area contributed by atoms with Crippen molar-refractivity contribution >= 4 is 5.91 Å². The lowest BCUT2D eigenvalue weighted by Gasteiger charge is -2.24. The fourth-order valence-electron chi connectivity index (χ4n) is 4.02. The Morgan fingerprint density at radius 1 is 1.08 bits per heavy atom. The number of aliphatic hydroxyl groups is 1. The maximum Gasteiger partial charge on any atom is 0.236 e. The third kappa shape index (κ3) is 4.81. The maximum atomic E-state index is 12.5. The van der Waals surface area contributed by atoms with Gasteiger partial charge in [0.1, 0.15) is 0 Å². The first kappa shape index (κ1) is 17.4. The molecule has 4 nitrogen and oxygen atoms in total. The van der Waals surface area contributed by atoms with Gasteiger partial charge in [-0.15, -0.1) is 0 Å². The molecule has 0 saturated carbocycles. The highest BCUT2D eigenvalue weighted by atomic mass is 16.3. The summed E-state index contributed by atoms with van der Waals surface area (Å²) in [6.07, 6.45) is 7.06. The van der Waals surface area contributed by atoms with Crippen molar-refractivity contribution in [2.24, 2.45) is 5.92 Å². The summed E-state index contributed by atoms with van der Waals surface area (Å²) in [6, 6.07) is 8.23. The molecule has 1 atom stereocenters. The molecule has 3 rings (SSSR count). The molecule has 0 aromatic heterocycles. The summed E-state index contributed by atoms with van der Waals surface area (Å²) in [4.78, 5) is 16.9. The van der Waals surface area contributed by atoms with Gasteiger partial charge in [0.15, 0.2) is 0 Å². The highest BCUT2D eigenvalue weighted by Gasteiger charge is 2.26. The van der Waals surface area contributed by atoms with Crippen molar-refractivity contribution in [3.63, 3.8) is 0 Å². The minimum absolute atomic E-state index is 0.106. The van der Waals surface area contributed by atoms with Gasteiger partial charge < -0.3 is 10.0 Å². The van der Waals surface area contributed by atoms with Gasteiger partial charge in [-0.2, -0.15) is 0 Å². The van der Waals surface area contributed by atoms with Crippen LogP contribution in [0.4, 0.5) is 0 Å². The Morgan fingerprint density at radius 2 is 1.83 bits per heavy atom. The Labute approximate surface area is 145 Å². The Balaban J connectivity index is 1.47. The molecule has 2 heterocycles. The van der Waals surface area contributed by atoms with Gasteiger partial charge in [-0.3, -0.25) is 9.69 Å². The Morgan fingerprint density at radius 3 is 2.58 bits per heavy atom. The smallest absolute Gasteiger partial charge is 0.236 e. The van der Waals surface area contributed by atoms with Crippen molar-refractivity contribution in [2.45, 2.75) is 45.1 Å². The summed E-state index contributed by atoms with van der Waals surface area (Å²) in [5.41, 5.74) is 2.28. The summed E-state index contributed by atoms with van der Waals surface area (Å²) < 4.78 is 0. The van der Waals surface area contributed by atoms with Crippen LogP contribution in [0.1, 0.15) is 43.2 Å². The van der Waals surface area contributed by atoms with Gasteiger partial charge >= 0.3 is 0 Å². The lowest BCUT2D eigenvalue weighted by Crippen LogP contribution is -2.40. The van der Waals surface area contributed by atoms with E-state index in [9.17, 15) is 9.90 Å². The molecule has 2 saturated heterocycles.